The molecule has 0 radical (unpaired) electrons. The van der Waals surface area contributed by atoms with Gasteiger partial charge in [0.05, 0.1) is 11.5 Å². The lowest BCUT2D eigenvalue weighted by Crippen LogP contribution is -2.43. The molecule has 1 amide bonds. The molecule has 0 heterocycles. The number of sulfone groups is 1. The molecule has 0 aliphatic heterocycles. The van der Waals surface area contributed by atoms with E-state index in [9.17, 15) is 18.0 Å². The number of hydrogen-bond donors (Lipinski definition) is 3. The fraction of sp³-hybridized carbons (Fsp3) is 0.273. The first kappa shape index (κ1) is 15.1. The van der Waals surface area contributed by atoms with Gasteiger partial charge in [0.2, 0.25) is 0 Å². The molecule has 0 spiro atoms. The van der Waals surface area contributed by atoms with Crippen LogP contribution in [0, 0.1) is 0 Å². The van der Waals surface area contributed by atoms with E-state index in [-0.39, 0.29) is 10.5 Å². The Bertz CT molecular complexity index is 578. The van der Waals surface area contributed by atoms with Gasteiger partial charge in [-0.1, -0.05) is 0 Å². The molecule has 19 heavy (non-hydrogen) atoms. The van der Waals surface area contributed by atoms with Gasteiger partial charge in [-0.25, -0.2) is 13.2 Å². The van der Waals surface area contributed by atoms with E-state index >= 15 is 0 Å². The van der Waals surface area contributed by atoms with Crippen molar-refractivity contribution in [2.24, 2.45) is 0 Å². The zero-order chi connectivity index (χ0) is 14.6. The molecule has 1 aromatic carbocycles. The predicted molar refractivity (Wildman–Crippen MR) is 65.5 cm³/mol. The van der Waals surface area contributed by atoms with Crippen molar-refractivity contribution in [2.45, 2.75) is 10.9 Å². The van der Waals surface area contributed by atoms with Crippen molar-refractivity contribution in [2.75, 3.05) is 12.9 Å². The lowest BCUT2D eigenvalue weighted by molar-refractivity contribution is -0.140. The van der Waals surface area contributed by atoms with Crippen LogP contribution in [0.2, 0.25) is 0 Å². The summed E-state index contributed by atoms with van der Waals surface area (Å²) in [5.74, 6) is -2.06. The van der Waals surface area contributed by atoms with E-state index in [0.717, 1.165) is 6.26 Å². The maximum Gasteiger partial charge on any atom is 0.328 e. The standard InChI is InChI=1S/C11H13NO6S/c1-19(17,18)8-4-2-7(3-5-8)10(14)12-9(6-13)11(15)16/h2-5,9,13H,6H2,1H3,(H,12,14)(H,15,16). The number of aliphatic carboxylic acids is 1. The third kappa shape index (κ3) is 4.04. The number of amides is 1. The molecule has 1 unspecified atom stereocenters. The van der Waals surface area contributed by atoms with Crippen molar-refractivity contribution in [1.29, 1.82) is 0 Å². The number of aliphatic hydroxyl groups excluding tert-OH is 1. The Hall–Kier alpha value is -1.93. The second-order valence-corrected chi connectivity index (χ2v) is 5.86. The van der Waals surface area contributed by atoms with Crippen LogP contribution in [-0.2, 0) is 14.6 Å². The van der Waals surface area contributed by atoms with E-state index < -0.39 is 34.4 Å². The van der Waals surface area contributed by atoms with Crippen LogP contribution in [0.4, 0.5) is 0 Å². The summed E-state index contributed by atoms with van der Waals surface area (Å²) in [7, 11) is -3.35. The normalized spacial score (nSPS) is 12.7. The molecule has 0 aliphatic rings. The minimum Gasteiger partial charge on any atom is -0.480 e. The van der Waals surface area contributed by atoms with Gasteiger partial charge < -0.3 is 15.5 Å². The fourth-order valence-electron chi connectivity index (χ4n) is 1.28. The Labute approximate surface area is 109 Å². The Morgan fingerprint density at radius 2 is 1.79 bits per heavy atom. The highest BCUT2D eigenvalue weighted by atomic mass is 32.2. The lowest BCUT2D eigenvalue weighted by atomic mass is 10.2. The second-order valence-electron chi connectivity index (χ2n) is 3.84. The van der Waals surface area contributed by atoms with Gasteiger partial charge in [-0.3, -0.25) is 4.79 Å². The Balaban J connectivity index is 2.87. The van der Waals surface area contributed by atoms with E-state index in [1.807, 2.05) is 0 Å². The van der Waals surface area contributed by atoms with Gasteiger partial charge in [0.15, 0.2) is 15.9 Å². The number of hydrogen-bond acceptors (Lipinski definition) is 5. The maximum atomic E-state index is 11.6. The Morgan fingerprint density at radius 3 is 2.16 bits per heavy atom. The highest BCUT2D eigenvalue weighted by Crippen LogP contribution is 2.10. The summed E-state index contributed by atoms with van der Waals surface area (Å²) in [6.07, 6.45) is 1.04. The molecule has 8 heteroatoms. The molecule has 1 atom stereocenters. The average Bonchev–Trinajstić information content (AvgIpc) is 2.34. The zero-order valence-corrected chi connectivity index (χ0v) is 10.8. The monoisotopic (exact) mass is 287 g/mol. The Morgan fingerprint density at radius 1 is 1.26 bits per heavy atom. The number of aliphatic hydroxyl groups is 1. The first-order valence-electron chi connectivity index (χ1n) is 5.20. The quantitative estimate of drug-likeness (QED) is 0.656. The number of carbonyl (C=O) groups is 2. The van der Waals surface area contributed by atoms with E-state index in [4.69, 9.17) is 10.2 Å². The summed E-state index contributed by atoms with van der Waals surface area (Å²) in [4.78, 5) is 22.3. The van der Waals surface area contributed by atoms with Crippen LogP contribution in [0.15, 0.2) is 29.2 Å². The van der Waals surface area contributed by atoms with Gasteiger partial charge >= 0.3 is 5.97 Å². The first-order valence-corrected chi connectivity index (χ1v) is 7.09. The van der Waals surface area contributed by atoms with Crippen LogP contribution in [0.25, 0.3) is 0 Å². The third-order valence-corrected chi connectivity index (χ3v) is 3.46. The Kier molecular flexibility index (Phi) is 4.62. The molecule has 1 rings (SSSR count). The van der Waals surface area contributed by atoms with Gasteiger partial charge in [0, 0.05) is 11.8 Å². The predicted octanol–water partition coefficient (Wildman–Crippen LogP) is -0.735. The van der Waals surface area contributed by atoms with Crippen LogP contribution in [0.5, 0.6) is 0 Å². The third-order valence-electron chi connectivity index (χ3n) is 2.33. The number of nitrogens with one attached hydrogen (secondary N) is 1. The molecular formula is C11H13NO6S. The van der Waals surface area contributed by atoms with Crippen LogP contribution >= 0.6 is 0 Å². The molecule has 0 saturated carbocycles. The molecule has 0 bridgehead atoms. The fourth-order valence-corrected chi connectivity index (χ4v) is 1.91. The molecule has 0 fully saturated rings. The van der Waals surface area contributed by atoms with E-state index in [0.29, 0.717) is 0 Å². The van der Waals surface area contributed by atoms with Crippen LogP contribution in [0.1, 0.15) is 10.4 Å². The van der Waals surface area contributed by atoms with Crippen LogP contribution in [0.3, 0.4) is 0 Å². The van der Waals surface area contributed by atoms with Crippen molar-refractivity contribution in [3.63, 3.8) is 0 Å². The SMILES string of the molecule is CS(=O)(=O)c1ccc(C(=O)NC(CO)C(=O)O)cc1. The summed E-state index contributed by atoms with van der Waals surface area (Å²) in [5.41, 5.74) is 0.104. The van der Waals surface area contributed by atoms with Crippen molar-refractivity contribution in [1.82, 2.24) is 5.32 Å². The number of carbonyl (C=O) groups excluding carboxylic acids is 1. The van der Waals surface area contributed by atoms with E-state index in [1.165, 1.54) is 24.3 Å². The number of benzene rings is 1. The lowest BCUT2D eigenvalue weighted by Gasteiger charge is -2.11. The zero-order valence-electron chi connectivity index (χ0n) is 10.0. The molecule has 0 aromatic heterocycles. The van der Waals surface area contributed by atoms with E-state index in [2.05, 4.69) is 5.32 Å². The average molecular weight is 287 g/mol. The maximum absolute atomic E-state index is 11.6. The molecule has 0 saturated heterocycles. The van der Waals surface area contributed by atoms with Crippen molar-refractivity contribution in [3.8, 4) is 0 Å². The summed E-state index contributed by atoms with van der Waals surface area (Å²) in [5, 5.41) is 19.5. The molecular weight excluding hydrogens is 274 g/mol. The van der Waals surface area contributed by atoms with Gasteiger partial charge in [-0.2, -0.15) is 0 Å². The highest BCUT2D eigenvalue weighted by molar-refractivity contribution is 7.90. The van der Waals surface area contributed by atoms with Crippen molar-refractivity contribution >= 4 is 21.7 Å². The molecule has 0 aliphatic carbocycles. The van der Waals surface area contributed by atoms with E-state index in [1.54, 1.807) is 0 Å². The number of carboxylic acid groups (broad SMARTS) is 1. The summed E-state index contributed by atoms with van der Waals surface area (Å²) >= 11 is 0. The minimum absolute atomic E-state index is 0.0565. The minimum atomic E-state index is -3.35. The van der Waals surface area contributed by atoms with Crippen molar-refractivity contribution in [3.05, 3.63) is 29.8 Å². The van der Waals surface area contributed by atoms with Gasteiger partial charge in [0.1, 0.15) is 0 Å². The number of carboxylic acids is 1. The molecule has 7 nitrogen and oxygen atoms in total. The van der Waals surface area contributed by atoms with Gasteiger partial charge in [0.25, 0.3) is 5.91 Å². The van der Waals surface area contributed by atoms with Crippen molar-refractivity contribution < 1.29 is 28.2 Å². The van der Waals surface area contributed by atoms with Crippen LogP contribution < -0.4 is 5.32 Å². The first-order chi connectivity index (χ1) is 8.75. The van der Waals surface area contributed by atoms with Gasteiger partial charge in [-0.15, -0.1) is 0 Å². The largest absolute Gasteiger partial charge is 0.480 e. The highest BCUT2D eigenvalue weighted by Gasteiger charge is 2.19. The topological polar surface area (TPSA) is 121 Å². The summed E-state index contributed by atoms with van der Waals surface area (Å²) < 4.78 is 22.4. The van der Waals surface area contributed by atoms with Gasteiger partial charge in [-0.05, 0) is 24.3 Å². The number of rotatable bonds is 5. The second kappa shape index (κ2) is 5.81. The smallest absolute Gasteiger partial charge is 0.328 e. The summed E-state index contributed by atoms with van der Waals surface area (Å²) in [6.45, 7) is -0.734. The van der Waals surface area contributed by atoms with Crippen LogP contribution in [-0.4, -0.2) is 49.4 Å². The summed E-state index contributed by atoms with van der Waals surface area (Å²) in [6, 6.07) is 3.63. The molecule has 104 valence electrons. The molecule has 3 N–H and O–H groups in total. The molecule has 1 aromatic rings.